The highest BCUT2D eigenvalue weighted by atomic mass is 15.1. The number of hydrogen-bond donors (Lipinski definition) is 0. The molecule has 0 saturated carbocycles. The summed E-state index contributed by atoms with van der Waals surface area (Å²) in [5.74, 6) is 0.492. The Balaban J connectivity index is 2.75. The molecule has 0 heterocycles. The van der Waals surface area contributed by atoms with Crippen LogP contribution in [0.1, 0.15) is 39.2 Å². The fraction of sp³-hybridized carbons (Fsp3) is 0.474. The standard InChI is InChI=1S/C19H29N/c1-7-11-19(16(4)15(2)3)17(5)20(6)14-18-12-9-8-10-13-18/h8-10,12-13,17,19H,2,4,7,11,14H2,1,3,5-6H3. The molecule has 1 heteroatoms. The Labute approximate surface area is 125 Å². The van der Waals surface area contributed by atoms with E-state index in [-0.39, 0.29) is 0 Å². The second-order valence-electron chi connectivity index (χ2n) is 5.84. The van der Waals surface area contributed by atoms with Crippen LogP contribution in [0.2, 0.25) is 0 Å². The highest BCUT2D eigenvalue weighted by molar-refractivity contribution is 5.27. The number of allylic oxidation sites excluding steroid dienone is 1. The fourth-order valence-corrected chi connectivity index (χ4v) is 2.66. The maximum Gasteiger partial charge on any atom is 0.0233 e. The van der Waals surface area contributed by atoms with Gasteiger partial charge in [0.25, 0.3) is 0 Å². The molecule has 0 N–H and O–H groups in total. The maximum atomic E-state index is 4.26. The molecule has 0 fully saturated rings. The van der Waals surface area contributed by atoms with Crippen LogP contribution >= 0.6 is 0 Å². The van der Waals surface area contributed by atoms with Crippen molar-refractivity contribution in [1.82, 2.24) is 4.90 Å². The molecule has 1 aromatic carbocycles. The molecule has 20 heavy (non-hydrogen) atoms. The van der Waals surface area contributed by atoms with Crippen molar-refractivity contribution in [2.45, 2.75) is 46.2 Å². The van der Waals surface area contributed by atoms with Crippen molar-refractivity contribution in [3.8, 4) is 0 Å². The van der Waals surface area contributed by atoms with Crippen molar-refractivity contribution in [2.75, 3.05) is 7.05 Å². The summed E-state index contributed by atoms with van der Waals surface area (Å²) in [6.07, 6.45) is 2.35. The average molecular weight is 271 g/mol. The molecule has 0 aliphatic rings. The first-order valence-electron chi connectivity index (χ1n) is 7.56. The van der Waals surface area contributed by atoms with E-state index >= 15 is 0 Å². The van der Waals surface area contributed by atoms with Crippen molar-refractivity contribution in [3.63, 3.8) is 0 Å². The minimum absolute atomic E-state index is 0.472. The summed E-state index contributed by atoms with van der Waals surface area (Å²) in [4.78, 5) is 2.42. The van der Waals surface area contributed by atoms with Crippen LogP contribution in [0.3, 0.4) is 0 Å². The molecule has 0 aliphatic heterocycles. The van der Waals surface area contributed by atoms with Crippen LogP contribution in [-0.2, 0) is 6.54 Å². The van der Waals surface area contributed by atoms with Crippen LogP contribution in [0.15, 0.2) is 54.6 Å². The van der Waals surface area contributed by atoms with Gasteiger partial charge in [-0.25, -0.2) is 0 Å². The van der Waals surface area contributed by atoms with Gasteiger partial charge in [-0.15, -0.1) is 0 Å². The molecule has 1 aromatic rings. The molecule has 1 nitrogen and oxygen atoms in total. The molecule has 0 amide bonds. The van der Waals surface area contributed by atoms with Gasteiger partial charge in [-0.05, 0) is 44.4 Å². The molecule has 0 radical (unpaired) electrons. The molecule has 2 atom stereocenters. The molecule has 110 valence electrons. The second kappa shape index (κ2) is 8.06. The monoisotopic (exact) mass is 271 g/mol. The van der Waals surface area contributed by atoms with E-state index in [9.17, 15) is 0 Å². The summed E-state index contributed by atoms with van der Waals surface area (Å²) in [5, 5.41) is 0. The first kappa shape index (κ1) is 16.7. The molecular weight excluding hydrogens is 242 g/mol. The van der Waals surface area contributed by atoms with Crippen LogP contribution in [0.5, 0.6) is 0 Å². The Hall–Kier alpha value is -1.34. The largest absolute Gasteiger partial charge is 0.299 e. The smallest absolute Gasteiger partial charge is 0.0233 e. The van der Waals surface area contributed by atoms with Gasteiger partial charge in [0.2, 0.25) is 0 Å². The zero-order valence-corrected chi connectivity index (χ0v) is 13.5. The normalized spacial score (nSPS) is 14.1. The Morgan fingerprint density at radius 2 is 1.80 bits per heavy atom. The summed E-state index contributed by atoms with van der Waals surface area (Å²) >= 11 is 0. The summed E-state index contributed by atoms with van der Waals surface area (Å²) in [7, 11) is 2.20. The van der Waals surface area contributed by atoms with Crippen molar-refractivity contribution < 1.29 is 0 Å². The molecule has 0 aromatic heterocycles. The predicted octanol–water partition coefficient (Wildman–Crippen LogP) is 5.06. The van der Waals surface area contributed by atoms with Crippen molar-refractivity contribution in [2.24, 2.45) is 5.92 Å². The highest BCUT2D eigenvalue weighted by Gasteiger charge is 2.23. The van der Waals surface area contributed by atoms with Crippen LogP contribution < -0.4 is 0 Å². The average Bonchev–Trinajstić information content (AvgIpc) is 2.44. The molecule has 0 saturated heterocycles. The van der Waals surface area contributed by atoms with Crippen LogP contribution in [-0.4, -0.2) is 18.0 Å². The van der Waals surface area contributed by atoms with E-state index in [0.29, 0.717) is 12.0 Å². The summed E-state index contributed by atoms with van der Waals surface area (Å²) in [6, 6.07) is 11.1. The summed E-state index contributed by atoms with van der Waals surface area (Å²) < 4.78 is 0. The molecule has 0 aliphatic carbocycles. The zero-order chi connectivity index (χ0) is 15.1. The molecular formula is C19H29N. The lowest BCUT2D eigenvalue weighted by atomic mass is 9.85. The Morgan fingerprint density at radius 3 is 2.30 bits per heavy atom. The first-order chi connectivity index (χ1) is 9.47. The molecule has 1 rings (SSSR count). The third-order valence-corrected chi connectivity index (χ3v) is 4.15. The van der Waals surface area contributed by atoms with Crippen LogP contribution in [0.4, 0.5) is 0 Å². The quantitative estimate of drug-likeness (QED) is 0.598. The molecule has 0 bridgehead atoms. The van der Waals surface area contributed by atoms with E-state index in [1.807, 2.05) is 0 Å². The van der Waals surface area contributed by atoms with Gasteiger partial charge >= 0.3 is 0 Å². The van der Waals surface area contributed by atoms with Gasteiger partial charge in [0, 0.05) is 12.6 Å². The number of hydrogen-bond acceptors (Lipinski definition) is 1. The lowest BCUT2D eigenvalue weighted by Gasteiger charge is -2.33. The predicted molar refractivity (Wildman–Crippen MR) is 89.7 cm³/mol. The van der Waals surface area contributed by atoms with Gasteiger partial charge in [-0.2, -0.15) is 0 Å². The van der Waals surface area contributed by atoms with Gasteiger partial charge < -0.3 is 0 Å². The third-order valence-electron chi connectivity index (χ3n) is 4.15. The SMILES string of the molecule is C=C(C)C(=C)C(CCC)C(C)N(C)Cc1ccccc1. The van der Waals surface area contributed by atoms with E-state index in [0.717, 1.165) is 12.1 Å². The second-order valence-corrected chi connectivity index (χ2v) is 5.84. The molecule has 2 unspecified atom stereocenters. The van der Waals surface area contributed by atoms with Crippen molar-refractivity contribution in [1.29, 1.82) is 0 Å². The van der Waals surface area contributed by atoms with E-state index < -0.39 is 0 Å². The van der Waals surface area contributed by atoms with Gasteiger partial charge in [-0.1, -0.05) is 62.4 Å². The lowest BCUT2D eigenvalue weighted by molar-refractivity contribution is 0.194. The van der Waals surface area contributed by atoms with Gasteiger partial charge in [-0.3, -0.25) is 4.90 Å². The van der Waals surface area contributed by atoms with E-state index in [1.54, 1.807) is 0 Å². The summed E-state index contributed by atoms with van der Waals surface area (Å²) in [5.41, 5.74) is 3.68. The van der Waals surface area contributed by atoms with Crippen molar-refractivity contribution in [3.05, 3.63) is 60.2 Å². The number of benzene rings is 1. The maximum absolute atomic E-state index is 4.26. The Bertz CT molecular complexity index is 432. The van der Waals surface area contributed by atoms with E-state index in [1.165, 1.54) is 24.0 Å². The van der Waals surface area contributed by atoms with E-state index in [2.05, 4.69) is 76.2 Å². The fourth-order valence-electron chi connectivity index (χ4n) is 2.66. The zero-order valence-electron chi connectivity index (χ0n) is 13.5. The minimum atomic E-state index is 0.472. The van der Waals surface area contributed by atoms with Crippen LogP contribution in [0.25, 0.3) is 0 Å². The summed E-state index contributed by atoms with van der Waals surface area (Å²) in [6.45, 7) is 15.9. The third kappa shape index (κ3) is 4.64. The Kier molecular flexibility index (Phi) is 6.74. The van der Waals surface area contributed by atoms with E-state index in [4.69, 9.17) is 0 Å². The van der Waals surface area contributed by atoms with Gasteiger partial charge in [0.05, 0.1) is 0 Å². The highest BCUT2D eigenvalue weighted by Crippen LogP contribution is 2.27. The Morgan fingerprint density at radius 1 is 1.20 bits per heavy atom. The topological polar surface area (TPSA) is 3.24 Å². The van der Waals surface area contributed by atoms with Crippen molar-refractivity contribution >= 4 is 0 Å². The minimum Gasteiger partial charge on any atom is -0.299 e. The lowest BCUT2D eigenvalue weighted by Crippen LogP contribution is -2.36. The number of rotatable bonds is 8. The van der Waals surface area contributed by atoms with Crippen LogP contribution in [0, 0.1) is 5.92 Å². The van der Waals surface area contributed by atoms with Gasteiger partial charge in [0.1, 0.15) is 0 Å². The van der Waals surface area contributed by atoms with Gasteiger partial charge in [0.15, 0.2) is 0 Å². The molecule has 0 spiro atoms. The first-order valence-corrected chi connectivity index (χ1v) is 7.56. The number of nitrogens with zero attached hydrogens (tertiary/aromatic N) is 1.